The molecule has 4 rings (SSSR count). The van der Waals surface area contributed by atoms with Crippen molar-refractivity contribution in [3.8, 4) is 0 Å². The number of hydrogen-bond donors (Lipinski definition) is 2. The Labute approximate surface area is 177 Å². The van der Waals surface area contributed by atoms with Crippen molar-refractivity contribution in [2.24, 2.45) is 0 Å². The van der Waals surface area contributed by atoms with Crippen LogP contribution in [0.1, 0.15) is 35.2 Å². The molecule has 0 saturated carbocycles. The van der Waals surface area contributed by atoms with E-state index in [-0.39, 0.29) is 5.52 Å². The highest BCUT2D eigenvalue weighted by Gasteiger charge is 2.30. The minimum Gasteiger partial charge on any atom is -0.462 e. The number of alkyl halides is 3. The van der Waals surface area contributed by atoms with Crippen LogP contribution in [0, 0.1) is 0 Å². The molecule has 8 heteroatoms. The number of fused-ring (bicyclic) bond motifs is 1. The van der Waals surface area contributed by atoms with E-state index in [1.807, 2.05) is 0 Å². The third kappa shape index (κ3) is 4.96. The van der Waals surface area contributed by atoms with Crippen LogP contribution in [-0.4, -0.2) is 30.1 Å². The number of benzene rings is 2. The number of nitrogens with zero attached hydrogens (tertiary/aromatic N) is 1. The van der Waals surface area contributed by atoms with E-state index in [0.29, 0.717) is 35.0 Å². The molecule has 0 radical (unpaired) electrons. The molecular weight excluding hydrogens is 407 g/mol. The molecule has 0 spiro atoms. The predicted octanol–water partition coefficient (Wildman–Crippen LogP) is 5.30. The second kappa shape index (κ2) is 8.93. The molecule has 2 heterocycles. The van der Waals surface area contributed by atoms with Crippen molar-refractivity contribution in [2.75, 3.05) is 18.5 Å². The second-order valence-corrected chi connectivity index (χ2v) is 7.48. The minimum atomic E-state index is -4.44. The van der Waals surface area contributed by atoms with Gasteiger partial charge in [0.2, 0.25) is 0 Å². The lowest BCUT2D eigenvalue weighted by molar-refractivity contribution is -0.137. The van der Waals surface area contributed by atoms with Gasteiger partial charge >= 0.3 is 12.1 Å². The highest BCUT2D eigenvalue weighted by atomic mass is 19.4. The number of nitrogens with one attached hydrogen (secondary N) is 2. The molecule has 1 aromatic heterocycles. The lowest BCUT2D eigenvalue weighted by Gasteiger charge is -2.15. The number of para-hydroxylation sites is 1. The quantitative estimate of drug-likeness (QED) is 0.521. The van der Waals surface area contributed by atoms with Crippen LogP contribution in [-0.2, 0) is 10.9 Å². The maximum absolute atomic E-state index is 13.0. The summed E-state index contributed by atoms with van der Waals surface area (Å²) in [5.41, 5.74) is 0.876. The molecule has 3 aromatic rings. The summed E-state index contributed by atoms with van der Waals surface area (Å²) >= 11 is 0. The summed E-state index contributed by atoms with van der Waals surface area (Å²) in [7, 11) is 0. The number of halogens is 3. The minimum absolute atomic E-state index is 0.212. The first kappa shape index (κ1) is 21.1. The fourth-order valence-electron chi connectivity index (χ4n) is 3.72. The van der Waals surface area contributed by atoms with Gasteiger partial charge in [0.25, 0.3) is 0 Å². The van der Waals surface area contributed by atoms with Crippen LogP contribution < -0.4 is 10.6 Å². The monoisotopic (exact) mass is 429 g/mol. The zero-order valence-electron chi connectivity index (χ0n) is 16.7. The summed E-state index contributed by atoms with van der Waals surface area (Å²) in [5.74, 6) is -0.446. The largest absolute Gasteiger partial charge is 0.462 e. The first-order valence-electron chi connectivity index (χ1n) is 10.1. The Morgan fingerprint density at radius 3 is 2.77 bits per heavy atom. The number of carbonyl (C=O) groups excluding carboxylic acids is 1. The first-order chi connectivity index (χ1) is 14.9. The van der Waals surface area contributed by atoms with E-state index in [2.05, 4.69) is 15.6 Å². The number of rotatable bonds is 6. The normalized spacial score (nSPS) is 16.4. The van der Waals surface area contributed by atoms with Crippen LogP contribution in [0.3, 0.4) is 0 Å². The summed E-state index contributed by atoms with van der Waals surface area (Å²) in [6, 6.07) is 12.3. The zero-order valence-corrected chi connectivity index (χ0v) is 16.7. The van der Waals surface area contributed by atoms with Crippen molar-refractivity contribution in [2.45, 2.75) is 31.5 Å². The summed E-state index contributed by atoms with van der Waals surface area (Å²) in [4.78, 5) is 16.7. The maximum atomic E-state index is 13.0. The standard InChI is InChI=1S/C23H22F3N3O2/c24-23(25,26)15-7-8-17-20(9-12-28-21(17)14-15)29-19-6-2-1-5-18(19)22(30)31-13-10-16-4-3-11-27-16/h1-2,5-9,12,14,16,27H,3-4,10-11,13H2,(H,28,29). The van der Waals surface area contributed by atoms with Crippen molar-refractivity contribution in [1.29, 1.82) is 0 Å². The Hall–Kier alpha value is -3.13. The molecule has 0 amide bonds. The smallest absolute Gasteiger partial charge is 0.416 e. The van der Waals surface area contributed by atoms with E-state index < -0.39 is 17.7 Å². The number of hydrogen-bond acceptors (Lipinski definition) is 5. The third-order valence-corrected chi connectivity index (χ3v) is 5.35. The van der Waals surface area contributed by atoms with E-state index >= 15 is 0 Å². The van der Waals surface area contributed by atoms with Gasteiger partial charge in [0.05, 0.1) is 28.9 Å². The number of esters is 1. The van der Waals surface area contributed by atoms with Gasteiger partial charge in [0.15, 0.2) is 0 Å². The van der Waals surface area contributed by atoms with Crippen LogP contribution in [0.25, 0.3) is 10.9 Å². The zero-order chi connectivity index (χ0) is 21.8. The van der Waals surface area contributed by atoms with Gasteiger partial charge in [-0.2, -0.15) is 13.2 Å². The highest BCUT2D eigenvalue weighted by molar-refractivity contribution is 5.99. The van der Waals surface area contributed by atoms with E-state index in [4.69, 9.17) is 4.74 Å². The Morgan fingerprint density at radius 1 is 1.16 bits per heavy atom. The fourth-order valence-corrected chi connectivity index (χ4v) is 3.72. The van der Waals surface area contributed by atoms with Gasteiger partial charge in [-0.1, -0.05) is 18.2 Å². The molecule has 1 fully saturated rings. The SMILES string of the molecule is O=C(OCCC1CCCN1)c1ccccc1Nc1ccnc2cc(C(F)(F)F)ccc12. The lowest BCUT2D eigenvalue weighted by Crippen LogP contribution is -2.23. The Balaban J connectivity index is 1.53. The van der Waals surface area contributed by atoms with E-state index in [9.17, 15) is 18.0 Å². The van der Waals surface area contributed by atoms with Gasteiger partial charge < -0.3 is 15.4 Å². The molecule has 0 bridgehead atoms. The molecule has 0 aliphatic carbocycles. The average molecular weight is 429 g/mol. The van der Waals surface area contributed by atoms with Crippen molar-refractivity contribution in [3.63, 3.8) is 0 Å². The van der Waals surface area contributed by atoms with E-state index in [1.165, 1.54) is 12.3 Å². The molecule has 1 unspecified atom stereocenters. The molecule has 2 N–H and O–H groups in total. The summed E-state index contributed by atoms with van der Waals surface area (Å²) in [6.07, 6.45) is -0.0293. The molecule has 31 heavy (non-hydrogen) atoms. The maximum Gasteiger partial charge on any atom is 0.416 e. The topological polar surface area (TPSA) is 63.2 Å². The van der Waals surface area contributed by atoms with Gasteiger partial charge in [-0.15, -0.1) is 0 Å². The Kier molecular flexibility index (Phi) is 6.08. The van der Waals surface area contributed by atoms with Crippen LogP contribution >= 0.6 is 0 Å². The number of pyridine rings is 1. The van der Waals surface area contributed by atoms with E-state index in [1.54, 1.807) is 30.3 Å². The summed E-state index contributed by atoms with van der Waals surface area (Å²) < 4.78 is 44.5. The van der Waals surface area contributed by atoms with Crippen molar-refractivity contribution in [1.82, 2.24) is 10.3 Å². The molecule has 1 aliphatic heterocycles. The average Bonchev–Trinajstić information content (AvgIpc) is 3.27. The second-order valence-electron chi connectivity index (χ2n) is 7.48. The van der Waals surface area contributed by atoms with Gasteiger partial charge in [0, 0.05) is 23.3 Å². The molecular formula is C23H22F3N3O2. The van der Waals surface area contributed by atoms with Crippen molar-refractivity contribution < 1.29 is 22.7 Å². The molecule has 5 nitrogen and oxygen atoms in total. The number of ether oxygens (including phenoxy) is 1. The number of anilines is 2. The van der Waals surface area contributed by atoms with Crippen LogP contribution in [0.4, 0.5) is 24.5 Å². The lowest BCUT2D eigenvalue weighted by atomic mass is 10.1. The fraction of sp³-hybridized carbons (Fsp3) is 0.304. The molecule has 1 aliphatic rings. The van der Waals surface area contributed by atoms with Crippen LogP contribution in [0.15, 0.2) is 54.7 Å². The summed E-state index contributed by atoms with van der Waals surface area (Å²) in [6.45, 7) is 1.32. The molecule has 2 aromatic carbocycles. The third-order valence-electron chi connectivity index (χ3n) is 5.35. The van der Waals surface area contributed by atoms with Crippen molar-refractivity contribution in [3.05, 3.63) is 65.9 Å². The van der Waals surface area contributed by atoms with Gasteiger partial charge in [-0.3, -0.25) is 4.98 Å². The van der Waals surface area contributed by atoms with Crippen molar-refractivity contribution >= 4 is 28.2 Å². The predicted molar refractivity (Wildman–Crippen MR) is 112 cm³/mol. The Bertz CT molecular complexity index is 1080. The van der Waals surface area contributed by atoms with Gasteiger partial charge in [-0.25, -0.2) is 4.79 Å². The summed E-state index contributed by atoms with van der Waals surface area (Å²) in [5, 5.41) is 7.04. The van der Waals surface area contributed by atoms with E-state index in [0.717, 1.165) is 37.9 Å². The molecule has 1 atom stereocenters. The van der Waals surface area contributed by atoms with Crippen LogP contribution in [0.2, 0.25) is 0 Å². The Morgan fingerprint density at radius 2 is 2.00 bits per heavy atom. The molecule has 1 saturated heterocycles. The van der Waals surface area contributed by atoms with Crippen LogP contribution in [0.5, 0.6) is 0 Å². The number of carbonyl (C=O) groups is 1. The molecule has 162 valence electrons. The number of aromatic nitrogens is 1. The van der Waals surface area contributed by atoms with Gasteiger partial charge in [-0.05, 0) is 56.1 Å². The highest BCUT2D eigenvalue weighted by Crippen LogP contribution is 2.33. The first-order valence-corrected chi connectivity index (χ1v) is 10.1. The van der Waals surface area contributed by atoms with Gasteiger partial charge in [0.1, 0.15) is 0 Å².